The topological polar surface area (TPSA) is 67.1 Å². The van der Waals surface area contributed by atoms with Crippen LogP contribution in [0.25, 0.3) is 0 Å². The molecule has 26 heavy (non-hydrogen) atoms. The molecule has 1 aliphatic carbocycles. The highest BCUT2D eigenvalue weighted by Gasteiger charge is 2.30. The summed E-state index contributed by atoms with van der Waals surface area (Å²) in [7, 11) is 0. The summed E-state index contributed by atoms with van der Waals surface area (Å²) in [5.74, 6) is 3.03. The van der Waals surface area contributed by atoms with Crippen LogP contribution in [-0.2, 0) is 13.1 Å². The Balaban J connectivity index is 1.35. The predicted molar refractivity (Wildman–Crippen MR) is 98.9 cm³/mol. The number of aromatic nitrogens is 3. The third kappa shape index (κ3) is 2.81. The summed E-state index contributed by atoms with van der Waals surface area (Å²) in [4.78, 5) is 11.3. The Morgan fingerprint density at radius 3 is 2.88 bits per heavy atom. The maximum atomic E-state index is 5.47. The highest BCUT2D eigenvalue weighted by molar-refractivity contribution is 5.60. The summed E-state index contributed by atoms with van der Waals surface area (Å²) in [6, 6.07) is 12.4. The van der Waals surface area contributed by atoms with Gasteiger partial charge in [-0.05, 0) is 49.1 Å². The SMILES string of the molecule is CC(Nc1cccc2c1CN(c1ccccn1)C2)c1nc(C2CC2)no1. The van der Waals surface area contributed by atoms with Crippen molar-refractivity contribution in [2.75, 3.05) is 10.2 Å². The number of rotatable bonds is 5. The molecule has 3 aromatic rings. The molecule has 1 saturated carbocycles. The van der Waals surface area contributed by atoms with Crippen molar-refractivity contribution >= 4 is 11.5 Å². The number of nitrogens with zero attached hydrogens (tertiary/aromatic N) is 4. The Labute approximate surface area is 152 Å². The molecule has 0 radical (unpaired) electrons. The van der Waals surface area contributed by atoms with Gasteiger partial charge in [-0.25, -0.2) is 4.98 Å². The van der Waals surface area contributed by atoms with Gasteiger partial charge >= 0.3 is 0 Å². The molecule has 1 aliphatic heterocycles. The minimum Gasteiger partial charge on any atom is -0.374 e. The van der Waals surface area contributed by atoms with Crippen LogP contribution < -0.4 is 10.2 Å². The first-order valence-corrected chi connectivity index (χ1v) is 9.15. The van der Waals surface area contributed by atoms with Gasteiger partial charge in [-0.1, -0.05) is 23.4 Å². The Kier molecular flexibility index (Phi) is 3.62. The van der Waals surface area contributed by atoms with Crippen LogP contribution in [0.4, 0.5) is 11.5 Å². The predicted octanol–water partition coefficient (Wildman–Crippen LogP) is 4.04. The van der Waals surface area contributed by atoms with Crippen LogP contribution in [0, 0.1) is 0 Å². The van der Waals surface area contributed by atoms with Crippen molar-refractivity contribution in [1.82, 2.24) is 15.1 Å². The number of fused-ring (bicyclic) bond motifs is 1. The molecule has 6 nitrogen and oxygen atoms in total. The Morgan fingerprint density at radius 2 is 2.08 bits per heavy atom. The van der Waals surface area contributed by atoms with E-state index in [9.17, 15) is 0 Å². The van der Waals surface area contributed by atoms with Crippen molar-refractivity contribution in [2.24, 2.45) is 0 Å². The van der Waals surface area contributed by atoms with Crippen molar-refractivity contribution in [3.05, 3.63) is 65.4 Å². The van der Waals surface area contributed by atoms with E-state index in [1.165, 1.54) is 24.0 Å². The Bertz CT molecular complexity index is 919. The first kappa shape index (κ1) is 15.4. The van der Waals surface area contributed by atoms with Crippen molar-refractivity contribution in [2.45, 2.75) is 44.8 Å². The zero-order valence-corrected chi connectivity index (χ0v) is 14.7. The summed E-state index contributed by atoms with van der Waals surface area (Å²) < 4.78 is 5.47. The van der Waals surface area contributed by atoms with Gasteiger partial charge in [0.05, 0.1) is 0 Å². The zero-order valence-electron chi connectivity index (χ0n) is 14.7. The third-order valence-corrected chi connectivity index (χ3v) is 5.10. The largest absolute Gasteiger partial charge is 0.374 e. The van der Waals surface area contributed by atoms with Gasteiger partial charge in [-0.2, -0.15) is 4.98 Å². The molecule has 1 fully saturated rings. The molecule has 132 valence electrons. The van der Waals surface area contributed by atoms with Crippen LogP contribution in [0.1, 0.15) is 54.6 Å². The molecule has 1 aromatic carbocycles. The van der Waals surface area contributed by atoms with Gasteiger partial charge in [-0.3, -0.25) is 0 Å². The van der Waals surface area contributed by atoms with Gasteiger partial charge in [0.15, 0.2) is 5.82 Å². The average Bonchev–Trinajstić information content (AvgIpc) is 3.23. The summed E-state index contributed by atoms with van der Waals surface area (Å²) in [5, 5.41) is 7.68. The second-order valence-electron chi connectivity index (χ2n) is 7.12. The van der Waals surface area contributed by atoms with Gasteiger partial charge in [0.25, 0.3) is 0 Å². The van der Waals surface area contributed by atoms with Crippen molar-refractivity contribution in [1.29, 1.82) is 0 Å². The minimum atomic E-state index is -0.0228. The molecule has 0 spiro atoms. The zero-order chi connectivity index (χ0) is 17.5. The molecule has 2 aliphatic rings. The molecule has 1 N–H and O–H groups in total. The monoisotopic (exact) mass is 347 g/mol. The van der Waals surface area contributed by atoms with E-state index >= 15 is 0 Å². The van der Waals surface area contributed by atoms with Crippen LogP contribution in [0.5, 0.6) is 0 Å². The lowest BCUT2D eigenvalue weighted by atomic mass is 10.1. The molecule has 0 bridgehead atoms. The smallest absolute Gasteiger partial charge is 0.248 e. The lowest BCUT2D eigenvalue weighted by Gasteiger charge is -2.17. The number of hydrogen-bond acceptors (Lipinski definition) is 6. The van der Waals surface area contributed by atoms with E-state index < -0.39 is 0 Å². The van der Waals surface area contributed by atoms with Gasteiger partial charge < -0.3 is 14.7 Å². The quantitative estimate of drug-likeness (QED) is 0.751. The number of nitrogens with one attached hydrogen (secondary N) is 1. The fourth-order valence-electron chi connectivity index (χ4n) is 3.49. The Hall–Kier alpha value is -2.89. The average molecular weight is 347 g/mol. The van der Waals surface area contributed by atoms with Crippen molar-refractivity contribution in [3.63, 3.8) is 0 Å². The van der Waals surface area contributed by atoms with Crippen LogP contribution in [-0.4, -0.2) is 15.1 Å². The van der Waals surface area contributed by atoms with E-state index in [2.05, 4.69) is 56.5 Å². The van der Waals surface area contributed by atoms with E-state index in [0.717, 1.165) is 30.4 Å². The van der Waals surface area contributed by atoms with E-state index in [1.54, 1.807) is 0 Å². The highest BCUT2D eigenvalue weighted by atomic mass is 16.5. The summed E-state index contributed by atoms with van der Waals surface area (Å²) in [6.45, 7) is 3.79. The van der Waals surface area contributed by atoms with Gasteiger partial charge in [0, 0.05) is 30.9 Å². The van der Waals surface area contributed by atoms with Crippen LogP contribution >= 0.6 is 0 Å². The minimum absolute atomic E-state index is 0.0228. The number of hydrogen-bond donors (Lipinski definition) is 1. The molecular formula is C20H21N5O. The molecule has 1 unspecified atom stereocenters. The van der Waals surface area contributed by atoms with E-state index in [1.807, 2.05) is 18.3 Å². The maximum Gasteiger partial charge on any atom is 0.248 e. The second-order valence-corrected chi connectivity index (χ2v) is 7.12. The first-order valence-electron chi connectivity index (χ1n) is 9.15. The fraction of sp³-hybridized carbons (Fsp3) is 0.350. The maximum absolute atomic E-state index is 5.47. The van der Waals surface area contributed by atoms with Crippen molar-refractivity contribution < 1.29 is 4.52 Å². The normalized spacial score (nSPS) is 17.2. The molecular weight excluding hydrogens is 326 g/mol. The summed E-state index contributed by atoms with van der Waals surface area (Å²) in [5.41, 5.74) is 3.77. The summed E-state index contributed by atoms with van der Waals surface area (Å²) in [6.07, 6.45) is 4.19. The lowest BCUT2D eigenvalue weighted by Crippen LogP contribution is -2.16. The fourth-order valence-corrected chi connectivity index (χ4v) is 3.49. The molecule has 6 heteroatoms. The van der Waals surface area contributed by atoms with Crippen LogP contribution in [0.15, 0.2) is 47.1 Å². The molecule has 5 rings (SSSR count). The number of benzene rings is 1. The molecule has 0 amide bonds. The third-order valence-electron chi connectivity index (χ3n) is 5.10. The molecule has 3 heterocycles. The first-order chi connectivity index (χ1) is 12.8. The van der Waals surface area contributed by atoms with Gasteiger partial charge in [0.2, 0.25) is 5.89 Å². The number of pyridine rings is 1. The van der Waals surface area contributed by atoms with E-state index in [-0.39, 0.29) is 6.04 Å². The number of anilines is 2. The Morgan fingerprint density at radius 1 is 1.15 bits per heavy atom. The lowest BCUT2D eigenvalue weighted by molar-refractivity contribution is 0.363. The van der Waals surface area contributed by atoms with E-state index in [4.69, 9.17) is 4.52 Å². The molecule has 1 atom stereocenters. The standard InChI is InChI=1S/C20H21N5O/c1-13(20-23-19(24-26-20)14-8-9-14)22-17-6-4-5-15-11-25(12-16(15)17)18-7-2-3-10-21-18/h2-7,10,13-14,22H,8-9,11-12H2,1H3. The van der Waals surface area contributed by atoms with Crippen LogP contribution in [0.2, 0.25) is 0 Å². The van der Waals surface area contributed by atoms with Crippen LogP contribution in [0.3, 0.4) is 0 Å². The van der Waals surface area contributed by atoms with Gasteiger partial charge in [-0.15, -0.1) is 0 Å². The van der Waals surface area contributed by atoms with Gasteiger partial charge in [0.1, 0.15) is 11.9 Å². The molecule has 2 aromatic heterocycles. The van der Waals surface area contributed by atoms with E-state index in [0.29, 0.717) is 11.8 Å². The van der Waals surface area contributed by atoms with Crippen molar-refractivity contribution in [3.8, 4) is 0 Å². The second kappa shape index (κ2) is 6.12. The molecule has 0 saturated heterocycles. The summed E-state index contributed by atoms with van der Waals surface area (Å²) >= 11 is 0. The highest BCUT2D eigenvalue weighted by Crippen LogP contribution is 2.39.